The topological polar surface area (TPSA) is 104 Å². The average molecular weight is 444 g/mol. The maximum absolute atomic E-state index is 12.4. The van der Waals surface area contributed by atoms with Gasteiger partial charge in [0.2, 0.25) is 5.91 Å². The van der Waals surface area contributed by atoms with Crippen LogP contribution in [0.5, 0.6) is 0 Å². The molecule has 154 valence electrons. The van der Waals surface area contributed by atoms with Crippen LogP contribution < -0.4 is 15.4 Å². The molecule has 0 radical (unpaired) electrons. The van der Waals surface area contributed by atoms with E-state index in [9.17, 15) is 18.0 Å². The monoisotopic (exact) mass is 443 g/mol. The van der Waals surface area contributed by atoms with Gasteiger partial charge in [-0.3, -0.25) is 14.3 Å². The molecule has 3 N–H and O–H groups in total. The number of halogens is 1. The fourth-order valence-electron chi connectivity index (χ4n) is 2.59. The molecular formula is C21H18ClN3O4S. The fourth-order valence-corrected chi connectivity index (χ4v) is 3.90. The van der Waals surface area contributed by atoms with Crippen molar-refractivity contribution in [1.29, 1.82) is 0 Å². The molecule has 0 heterocycles. The Hall–Kier alpha value is -3.36. The maximum atomic E-state index is 12.4. The van der Waals surface area contributed by atoms with Crippen LogP contribution in [0.4, 0.5) is 17.1 Å². The Morgan fingerprint density at radius 3 is 2.07 bits per heavy atom. The van der Waals surface area contributed by atoms with Crippen LogP contribution in [0.2, 0.25) is 5.02 Å². The van der Waals surface area contributed by atoms with E-state index in [2.05, 4.69) is 15.4 Å². The molecule has 0 fully saturated rings. The summed E-state index contributed by atoms with van der Waals surface area (Å²) in [6.45, 7) is 1.37. The zero-order valence-corrected chi connectivity index (χ0v) is 17.4. The molecule has 3 rings (SSSR count). The Kier molecular flexibility index (Phi) is 6.39. The lowest BCUT2D eigenvalue weighted by atomic mass is 10.2. The van der Waals surface area contributed by atoms with E-state index in [-0.39, 0.29) is 15.8 Å². The first kappa shape index (κ1) is 21.4. The zero-order chi connectivity index (χ0) is 21.7. The maximum Gasteiger partial charge on any atom is 0.261 e. The van der Waals surface area contributed by atoms with Crippen molar-refractivity contribution in [3.8, 4) is 0 Å². The van der Waals surface area contributed by atoms with Crippen molar-refractivity contribution in [2.24, 2.45) is 0 Å². The highest BCUT2D eigenvalue weighted by Crippen LogP contribution is 2.26. The smallest absolute Gasteiger partial charge is 0.261 e. The molecule has 0 saturated heterocycles. The molecule has 3 aromatic rings. The summed E-state index contributed by atoms with van der Waals surface area (Å²) < 4.78 is 27.2. The van der Waals surface area contributed by atoms with Gasteiger partial charge in [-0.1, -0.05) is 29.8 Å². The molecule has 9 heteroatoms. The van der Waals surface area contributed by atoms with Crippen molar-refractivity contribution in [1.82, 2.24) is 0 Å². The molecule has 0 bridgehead atoms. The number of carbonyl (C=O) groups is 2. The predicted octanol–water partition coefficient (Wildman–Crippen LogP) is 4.35. The minimum Gasteiger partial charge on any atom is -0.325 e. The summed E-state index contributed by atoms with van der Waals surface area (Å²) in [4.78, 5) is 23.7. The lowest BCUT2D eigenvalue weighted by Crippen LogP contribution is -2.14. The van der Waals surface area contributed by atoms with Gasteiger partial charge in [0.1, 0.15) is 0 Å². The number of rotatable bonds is 6. The van der Waals surface area contributed by atoms with E-state index < -0.39 is 15.9 Å². The molecule has 0 aromatic heterocycles. The van der Waals surface area contributed by atoms with Crippen LogP contribution in [-0.2, 0) is 14.8 Å². The molecule has 0 aliphatic heterocycles. The predicted molar refractivity (Wildman–Crippen MR) is 117 cm³/mol. The normalized spacial score (nSPS) is 10.9. The van der Waals surface area contributed by atoms with Crippen molar-refractivity contribution >= 4 is 50.5 Å². The fraction of sp³-hybridized carbons (Fsp3) is 0.0476. The summed E-state index contributed by atoms with van der Waals surface area (Å²) in [5.74, 6) is -0.646. The van der Waals surface area contributed by atoms with E-state index >= 15 is 0 Å². The average Bonchev–Trinajstić information content (AvgIpc) is 2.71. The number of nitrogens with one attached hydrogen (secondary N) is 3. The van der Waals surface area contributed by atoms with Crippen molar-refractivity contribution in [2.75, 3.05) is 15.4 Å². The van der Waals surface area contributed by atoms with Crippen molar-refractivity contribution in [3.05, 3.63) is 83.4 Å². The van der Waals surface area contributed by atoms with Crippen LogP contribution in [0.25, 0.3) is 0 Å². The third kappa shape index (κ3) is 5.37. The number of sulfonamides is 1. The summed E-state index contributed by atoms with van der Waals surface area (Å²) >= 11 is 6.10. The Morgan fingerprint density at radius 1 is 0.833 bits per heavy atom. The molecule has 0 saturated carbocycles. The molecule has 2 amide bonds. The molecule has 0 atom stereocenters. The molecule has 30 heavy (non-hydrogen) atoms. The van der Waals surface area contributed by atoms with Crippen LogP contribution in [0.3, 0.4) is 0 Å². The number of carbonyl (C=O) groups excluding carboxylic acids is 2. The highest BCUT2D eigenvalue weighted by molar-refractivity contribution is 7.92. The van der Waals surface area contributed by atoms with E-state index in [0.29, 0.717) is 22.6 Å². The second kappa shape index (κ2) is 8.98. The Balaban J connectivity index is 1.68. The van der Waals surface area contributed by atoms with Gasteiger partial charge in [0.05, 0.1) is 15.6 Å². The van der Waals surface area contributed by atoms with E-state index in [4.69, 9.17) is 11.6 Å². The van der Waals surface area contributed by atoms with Crippen molar-refractivity contribution in [3.63, 3.8) is 0 Å². The first-order valence-corrected chi connectivity index (χ1v) is 10.7. The van der Waals surface area contributed by atoms with Gasteiger partial charge in [-0.15, -0.1) is 0 Å². The SMILES string of the molecule is CC(=O)Nc1ccc(NC(=O)c2ccc(NS(=O)(=O)c3ccccc3)cc2)cc1Cl. The van der Waals surface area contributed by atoms with E-state index in [1.165, 1.54) is 49.4 Å². The Morgan fingerprint density at radius 2 is 1.47 bits per heavy atom. The summed E-state index contributed by atoms with van der Waals surface area (Å²) in [5, 5.41) is 5.57. The van der Waals surface area contributed by atoms with Gasteiger partial charge in [-0.2, -0.15) is 0 Å². The van der Waals surface area contributed by atoms with Gasteiger partial charge in [-0.05, 0) is 54.6 Å². The van der Waals surface area contributed by atoms with E-state index in [1.54, 1.807) is 30.3 Å². The molecule has 0 aliphatic carbocycles. The molecule has 0 spiro atoms. The quantitative estimate of drug-likeness (QED) is 0.526. The van der Waals surface area contributed by atoms with Gasteiger partial charge < -0.3 is 10.6 Å². The second-order valence-corrected chi connectivity index (χ2v) is 8.42. The number of anilines is 3. The molecule has 0 aliphatic rings. The van der Waals surface area contributed by atoms with E-state index in [0.717, 1.165) is 0 Å². The summed E-state index contributed by atoms with van der Waals surface area (Å²) in [6, 6.07) is 18.7. The zero-order valence-electron chi connectivity index (χ0n) is 15.8. The standard InChI is InChI=1S/C21H18ClN3O4S/c1-14(26)23-20-12-11-17(13-19(20)22)24-21(27)15-7-9-16(10-8-15)25-30(28,29)18-5-3-2-4-6-18/h2-13,25H,1H3,(H,23,26)(H,24,27). The molecule has 0 unspecified atom stereocenters. The molecular weight excluding hydrogens is 426 g/mol. The molecule has 7 nitrogen and oxygen atoms in total. The number of amides is 2. The highest BCUT2D eigenvalue weighted by atomic mass is 35.5. The lowest BCUT2D eigenvalue weighted by molar-refractivity contribution is -0.114. The Bertz CT molecular complexity index is 1180. The van der Waals surface area contributed by atoms with Crippen molar-refractivity contribution < 1.29 is 18.0 Å². The van der Waals surface area contributed by atoms with Gasteiger partial charge in [0.25, 0.3) is 15.9 Å². The molecule has 3 aromatic carbocycles. The van der Waals surface area contributed by atoms with Crippen molar-refractivity contribution in [2.45, 2.75) is 11.8 Å². The van der Waals surface area contributed by atoms with Crippen LogP contribution >= 0.6 is 11.6 Å². The second-order valence-electron chi connectivity index (χ2n) is 6.33. The summed E-state index contributed by atoms with van der Waals surface area (Å²) in [7, 11) is -3.71. The van der Waals surface area contributed by atoms with Crippen LogP contribution in [0.1, 0.15) is 17.3 Å². The van der Waals surface area contributed by atoms with Gasteiger partial charge in [0.15, 0.2) is 0 Å². The minimum absolute atomic E-state index is 0.145. The van der Waals surface area contributed by atoms with Gasteiger partial charge in [0, 0.05) is 23.9 Å². The minimum atomic E-state index is -3.71. The van der Waals surface area contributed by atoms with Gasteiger partial charge in [-0.25, -0.2) is 8.42 Å². The van der Waals surface area contributed by atoms with Gasteiger partial charge >= 0.3 is 0 Å². The summed E-state index contributed by atoms with van der Waals surface area (Å²) in [6.07, 6.45) is 0. The van der Waals surface area contributed by atoms with Crippen LogP contribution in [0, 0.1) is 0 Å². The first-order valence-electron chi connectivity index (χ1n) is 8.81. The third-order valence-corrected chi connectivity index (χ3v) is 5.70. The highest BCUT2D eigenvalue weighted by Gasteiger charge is 2.14. The Labute approximate surface area is 179 Å². The first-order chi connectivity index (χ1) is 14.2. The number of hydrogen-bond acceptors (Lipinski definition) is 4. The largest absolute Gasteiger partial charge is 0.325 e. The third-order valence-electron chi connectivity index (χ3n) is 3.99. The summed E-state index contributed by atoms with van der Waals surface area (Å²) in [5.41, 5.74) is 1.56. The number of hydrogen-bond donors (Lipinski definition) is 3. The van der Waals surface area contributed by atoms with Crippen LogP contribution in [0.15, 0.2) is 77.7 Å². The number of benzene rings is 3. The van der Waals surface area contributed by atoms with Crippen LogP contribution in [-0.4, -0.2) is 20.2 Å². The van der Waals surface area contributed by atoms with E-state index in [1.807, 2.05) is 0 Å². The lowest BCUT2D eigenvalue weighted by Gasteiger charge is -2.10.